The smallest absolute Gasteiger partial charge is 0.307 e. The Balaban J connectivity index is 3.02. The monoisotopic (exact) mass is 262 g/mol. The fourth-order valence-electron chi connectivity index (χ4n) is 1.24. The number of ether oxygens (including phenoxy) is 1. The van der Waals surface area contributed by atoms with E-state index >= 15 is 0 Å². The molecule has 1 rings (SSSR count). The summed E-state index contributed by atoms with van der Waals surface area (Å²) in [4.78, 5) is 10.5. The number of aliphatic carboxylic acids is 1. The topological polar surface area (TPSA) is 46.5 Å². The summed E-state index contributed by atoms with van der Waals surface area (Å²) in [7, 11) is 0. The predicted octanol–water partition coefficient (Wildman–Crippen LogP) is 3.41. The number of carboxylic acid groups (broad SMARTS) is 1. The second-order valence-electron chi connectivity index (χ2n) is 3.63. The maximum atomic E-state index is 10.5. The van der Waals surface area contributed by atoms with Gasteiger partial charge in [-0.1, -0.05) is 23.2 Å². The van der Waals surface area contributed by atoms with E-state index in [1.54, 1.807) is 12.1 Å². The molecular weight excluding hydrogens is 251 g/mol. The number of hydrogen-bond donors (Lipinski definition) is 1. The third-order valence-corrected chi connectivity index (χ3v) is 2.33. The summed E-state index contributed by atoms with van der Waals surface area (Å²) in [5.41, 5.74) is 0.554. The zero-order chi connectivity index (χ0) is 12.3. The maximum Gasteiger partial charge on any atom is 0.307 e. The summed E-state index contributed by atoms with van der Waals surface area (Å²) >= 11 is 11.9. The molecular formula is C11H12Cl2O3. The van der Waals surface area contributed by atoms with Gasteiger partial charge in [-0.25, -0.2) is 0 Å². The Morgan fingerprint density at radius 2 is 1.88 bits per heavy atom. The Kier molecular flexibility index (Phi) is 4.44. The summed E-state index contributed by atoms with van der Waals surface area (Å²) in [6, 6.07) is 3.11. The molecule has 1 aromatic carbocycles. The minimum Gasteiger partial charge on any atom is -0.488 e. The molecule has 5 heteroatoms. The lowest BCUT2D eigenvalue weighted by molar-refractivity contribution is -0.136. The van der Waals surface area contributed by atoms with Gasteiger partial charge in [0.05, 0.1) is 22.6 Å². The molecule has 0 spiro atoms. The lowest BCUT2D eigenvalue weighted by Crippen LogP contribution is -2.07. The maximum absolute atomic E-state index is 10.5. The first kappa shape index (κ1) is 13.1. The van der Waals surface area contributed by atoms with Crippen molar-refractivity contribution >= 4 is 29.2 Å². The minimum atomic E-state index is -0.926. The first-order chi connectivity index (χ1) is 7.40. The molecule has 0 saturated carbocycles. The summed E-state index contributed by atoms with van der Waals surface area (Å²) in [6.07, 6.45) is -0.151. The van der Waals surface area contributed by atoms with Gasteiger partial charge < -0.3 is 9.84 Å². The second-order valence-corrected chi connectivity index (χ2v) is 4.44. The van der Waals surface area contributed by atoms with Gasteiger partial charge in [0, 0.05) is 0 Å². The molecule has 0 radical (unpaired) electrons. The number of benzene rings is 1. The Morgan fingerprint density at radius 3 is 2.25 bits per heavy atom. The molecule has 0 fully saturated rings. The third-order valence-electron chi connectivity index (χ3n) is 1.77. The molecule has 16 heavy (non-hydrogen) atoms. The van der Waals surface area contributed by atoms with E-state index in [1.165, 1.54) is 0 Å². The number of halogens is 2. The van der Waals surface area contributed by atoms with Crippen LogP contribution in [0.4, 0.5) is 0 Å². The first-order valence-corrected chi connectivity index (χ1v) is 5.52. The molecule has 0 aliphatic rings. The average molecular weight is 263 g/mol. The van der Waals surface area contributed by atoms with E-state index in [4.69, 9.17) is 33.0 Å². The molecule has 0 aromatic heterocycles. The Bertz CT molecular complexity index is 379. The van der Waals surface area contributed by atoms with Crippen LogP contribution in [0.5, 0.6) is 5.75 Å². The van der Waals surface area contributed by atoms with Crippen LogP contribution in [-0.2, 0) is 11.2 Å². The summed E-state index contributed by atoms with van der Waals surface area (Å²) in [6.45, 7) is 3.72. The molecule has 88 valence electrons. The van der Waals surface area contributed by atoms with Crippen LogP contribution in [0.2, 0.25) is 10.0 Å². The van der Waals surface area contributed by atoms with E-state index in [1.807, 2.05) is 13.8 Å². The van der Waals surface area contributed by atoms with E-state index in [9.17, 15) is 4.79 Å². The van der Waals surface area contributed by atoms with E-state index < -0.39 is 5.97 Å². The lowest BCUT2D eigenvalue weighted by Gasteiger charge is -2.13. The highest BCUT2D eigenvalue weighted by Gasteiger charge is 2.12. The molecule has 0 amide bonds. The number of carboxylic acids is 1. The zero-order valence-corrected chi connectivity index (χ0v) is 10.5. The highest BCUT2D eigenvalue weighted by molar-refractivity contribution is 6.37. The van der Waals surface area contributed by atoms with Crippen molar-refractivity contribution in [3.63, 3.8) is 0 Å². The van der Waals surface area contributed by atoms with Crippen LogP contribution in [0, 0.1) is 0 Å². The van der Waals surface area contributed by atoms with E-state index in [0.717, 1.165) is 0 Å². The molecule has 0 aliphatic heterocycles. The minimum absolute atomic E-state index is 0.0414. The first-order valence-electron chi connectivity index (χ1n) is 4.76. The molecule has 3 nitrogen and oxygen atoms in total. The predicted molar refractivity (Wildman–Crippen MR) is 63.6 cm³/mol. The second kappa shape index (κ2) is 5.41. The van der Waals surface area contributed by atoms with Crippen molar-refractivity contribution in [3.05, 3.63) is 27.7 Å². The molecule has 0 saturated heterocycles. The Labute approximate surface area is 104 Å². The van der Waals surface area contributed by atoms with Crippen molar-refractivity contribution in [2.45, 2.75) is 26.4 Å². The molecule has 0 atom stereocenters. The van der Waals surface area contributed by atoms with E-state index in [0.29, 0.717) is 21.4 Å². The number of hydrogen-bond acceptors (Lipinski definition) is 2. The van der Waals surface area contributed by atoms with Crippen molar-refractivity contribution in [2.24, 2.45) is 0 Å². The van der Waals surface area contributed by atoms with Crippen LogP contribution in [0.3, 0.4) is 0 Å². The molecule has 0 unspecified atom stereocenters. The summed E-state index contributed by atoms with van der Waals surface area (Å²) < 4.78 is 5.42. The molecule has 0 bridgehead atoms. The number of rotatable bonds is 4. The Morgan fingerprint density at radius 1 is 1.38 bits per heavy atom. The van der Waals surface area contributed by atoms with Gasteiger partial charge in [-0.15, -0.1) is 0 Å². The van der Waals surface area contributed by atoms with Crippen molar-refractivity contribution < 1.29 is 14.6 Å². The molecule has 1 N–H and O–H groups in total. The van der Waals surface area contributed by atoms with Gasteiger partial charge >= 0.3 is 5.97 Å². The molecule has 1 aromatic rings. The quantitative estimate of drug-likeness (QED) is 0.905. The van der Waals surface area contributed by atoms with Crippen molar-refractivity contribution in [1.82, 2.24) is 0 Å². The van der Waals surface area contributed by atoms with Gasteiger partial charge in [0.15, 0.2) is 5.75 Å². The summed E-state index contributed by atoms with van der Waals surface area (Å²) in [5, 5.41) is 9.31. The fraction of sp³-hybridized carbons (Fsp3) is 0.364. The van der Waals surface area contributed by atoms with Crippen molar-refractivity contribution in [1.29, 1.82) is 0 Å². The average Bonchev–Trinajstić information content (AvgIpc) is 2.10. The van der Waals surface area contributed by atoms with Gasteiger partial charge in [-0.3, -0.25) is 4.79 Å². The van der Waals surface area contributed by atoms with Gasteiger partial charge in [-0.05, 0) is 31.5 Å². The normalized spacial score (nSPS) is 10.6. The van der Waals surface area contributed by atoms with Crippen LogP contribution >= 0.6 is 23.2 Å². The third kappa shape index (κ3) is 3.58. The highest BCUT2D eigenvalue weighted by Crippen LogP contribution is 2.35. The lowest BCUT2D eigenvalue weighted by atomic mass is 10.1. The fourth-order valence-corrected chi connectivity index (χ4v) is 1.86. The van der Waals surface area contributed by atoms with Crippen molar-refractivity contribution in [2.75, 3.05) is 0 Å². The van der Waals surface area contributed by atoms with Gasteiger partial charge in [0.25, 0.3) is 0 Å². The van der Waals surface area contributed by atoms with Crippen LogP contribution in [0.15, 0.2) is 12.1 Å². The number of carbonyl (C=O) groups is 1. The van der Waals surface area contributed by atoms with Gasteiger partial charge in [0.1, 0.15) is 0 Å². The highest BCUT2D eigenvalue weighted by atomic mass is 35.5. The van der Waals surface area contributed by atoms with Crippen LogP contribution in [0.25, 0.3) is 0 Å². The molecule has 0 aliphatic carbocycles. The van der Waals surface area contributed by atoms with Crippen LogP contribution < -0.4 is 4.74 Å². The largest absolute Gasteiger partial charge is 0.488 e. The standard InChI is InChI=1S/C11H12Cl2O3/c1-6(2)16-11-8(12)3-7(4-9(11)13)5-10(14)15/h3-4,6H,5H2,1-2H3,(H,14,15). The van der Waals surface area contributed by atoms with E-state index in [2.05, 4.69) is 0 Å². The van der Waals surface area contributed by atoms with Crippen LogP contribution in [0.1, 0.15) is 19.4 Å². The van der Waals surface area contributed by atoms with Gasteiger partial charge in [0.2, 0.25) is 0 Å². The SMILES string of the molecule is CC(C)Oc1c(Cl)cc(CC(=O)O)cc1Cl. The van der Waals surface area contributed by atoms with Crippen LogP contribution in [-0.4, -0.2) is 17.2 Å². The molecule has 0 heterocycles. The Hall–Kier alpha value is -0.930. The van der Waals surface area contributed by atoms with Crippen molar-refractivity contribution in [3.8, 4) is 5.75 Å². The van der Waals surface area contributed by atoms with Gasteiger partial charge in [-0.2, -0.15) is 0 Å². The van der Waals surface area contributed by atoms with E-state index in [-0.39, 0.29) is 12.5 Å². The zero-order valence-electron chi connectivity index (χ0n) is 8.96. The summed E-state index contributed by atoms with van der Waals surface area (Å²) in [5.74, 6) is -0.530.